The third-order valence-corrected chi connectivity index (χ3v) is 4.39. The molecule has 0 fully saturated rings. The minimum Gasteiger partial charge on any atom is -0.267 e. The van der Waals surface area contributed by atoms with E-state index in [0.29, 0.717) is 11.1 Å². The second-order valence-electron chi connectivity index (χ2n) is 6.44. The predicted molar refractivity (Wildman–Crippen MR) is 106 cm³/mol. The normalized spacial score (nSPS) is 12.0. The first-order valence-electron chi connectivity index (χ1n) is 8.82. The van der Waals surface area contributed by atoms with Crippen LogP contribution in [0.1, 0.15) is 11.1 Å². The lowest BCUT2D eigenvalue weighted by Gasteiger charge is -2.12. The summed E-state index contributed by atoms with van der Waals surface area (Å²) < 4.78 is 53.6. The van der Waals surface area contributed by atoms with Crippen molar-refractivity contribution >= 4 is 17.1 Å². The first-order chi connectivity index (χ1) is 14.3. The fourth-order valence-corrected chi connectivity index (χ4v) is 2.93. The maximum Gasteiger partial charge on any atom is 0.416 e. The second kappa shape index (κ2) is 7.55. The minimum atomic E-state index is -4.55. The highest BCUT2D eigenvalue weighted by Gasteiger charge is 2.30. The van der Waals surface area contributed by atoms with Gasteiger partial charge in [0.25, 0.3) is 5.56 Å². The maximum atomic E-state index is 13.2. The van der Waals surface area contributed by atoms with E-state index in [4.69, 9.17) is 0 Å². The number of hydrogen-bond donors (Lipinski definition) is 0. The number of aromatic nitrogens is 2. The number of rotatable bonds is 3. The van der Waals surface area contributed by atoms with Gasteiger partial charge >= 0.3 is 6.18 Å². The van der Waals surface area contributed by atoms with Crippen LogP contribution in [0.4, 0.5) is 17.6 Å². The average Bonchev–Trinajstić information content (AvgIpc) is 2.74. The minimum absolute atomic E-state index is 0.0387. The van der Waals surface area contributed by atoms with Crippen LogP contribution in [0.25, 0.3) is 22.3 Å². The summed E-state index contributed by atoms with van der Waals surface area (Å²) in [6, 6.07) is 16.4. The highest BCUT2D eigenvalue weighted by Crippen LogP contribution is 2.31. The van der Waals surface area contributed by atoms with E-state index in [-0.39, 0.29) is 16.8 Å². The van der Waals surface area contributed by atoms with Crippen molar-refractivity contribution < 1.29 is 17.6 Å². The van der Waals surface area contributed by atoms with Crippen LogP contribution in [-0.2, 0) is 6.18 Å². The Kier molecular flexibility index (Phi) is 4.91. The van der Waals surface area contributed by atoms with E-state index in [2.05, 4.69) is 10.1 Å². The standard InChI is InChI=1S/C22H13F4N3O/c23-17-10-8-14(9-11-17)13-27-29-20(15-4-3-5-16(12-15)22(24,25)26)28-19-7-2-1-6-18(19)21(29)30/h1-13H. The zero-order valence-electron chi connectivity index (χ0n) is 15.3. The van der Waals surface area contributed by atoms with Crippen LogP contribution >= 0.6 is 0 Å². The number of fused-ring (bicyclic) bond motifs is 1. The van der Waals surface area contributed by atoms with Gasteiger partial charge in [0.05, 0.1) is 22.7 Å². The van der Waals surface area contributed by atoms with Crippen LogP contribution in [0.5, 0.6) is 0 Å². The molecule has 0 spiro atoms. The topological polar surface area (TPSA) is 47.2 Å². The molecule has 0 N–H and O–H groups in total. The monoisotopic (exact) mass is 411 g/mol. The van der Waals surface area contributed by atoms with Gasteiger partial charge in [0.2, 0.25) is 0 Å². The van der Waals surface area contributed by atoms with E-state index < -0.39 is 23.1 Å². The number of benzene rings is 3. The van der Waals surface area contributed by atoms with Gasteiger partial charge in [-0.3, -0.25) is 4.79 Å². The largest absolute Gasteiger partial charge is 0.416 e. The Hall–Kier alpha value is -3.81. The molecule has 0 aliphatic carbocycles. The molecule has 0 radical (unpaired) electrons. The first kappa shape index (κ1) is 19.5. The molecule has 4 nitrogen and oxygen atoms in total. The molecule has 0 unspecified atom stereocenters. The Labute approximate surface area is 167 Å². The predicted octanol–water partition coefficient (Wildman–Crippen LogP) is 5.10. The quantitative estimate of drug-likeness (QED) is 0.348. The Morgan fingerprint density at radius 3 is 2.40 bits per heavy atom. The average molecular weight is 411 g/mol. The summed E-state index contributed by atoms with van der Waals surface area (Å²) >= 11 is 0. The fraction of sp³-hybridized carbons (Fsp3) is 0.0455. The lowest BCUT2D eigenvalue weighted by Crippen LogP contribution is -2.20. The third-order valence-electron chi connectivity index (χ3n) is 4.39. The molecule has 0 aliphatic heterocycles. The van der Waals surface area contributed by atoms with Crippen LogP contribution in [-0.4, -0.2) is 15.9 Å². The van der Waals surface area contributed by atoms with Crippen molar-refractivity contribution in [3.8, 4) is 11.4 Å². The summed E-state index contributed by atoms with van der Waals surface area (Å²) in [5.74, 6) is -0.468. The van der Waals surface area contributed by atoms with Crippen molar-refractivity contribution in [1.29, 1.82) is 0 Å². The SMILES string of the molecule is O=c1c2ccccc2nc(-c2cccc(C(F)(F)F)c2)n1N=Cc1ccc(F)cc1. The molecule has 1 heterocycles. The van der Waals surface area contributed by atoms with Crippen molar-refractivity contribution in [2.75, 3.05) is 0 Å². The molecule has 0 atom stereocenters. The second-order valence-corrected chi connectivity index (χ2v) is 6.44. The Bertz CT molecular complexity index is 1310. The summed E-state index contributed by atoms with van der Waals surface area (Å²) in [5.41, 5.74) is -0.471. The maximum absolute atomic E-state index is 13.2. The zero-order valence-corrected chi connectivity index (χ0v) is 15.3. The van der Waals surface area contributed by atoms with E-state index in [1.807, 2.05) is 0 Å². The summed E-state index contributed by atoms with van der Waals surface area (Å²) in [6.45, 7) is 0. The van der Waals surface area contributed by atoms with Crippen molar-refractivity contribution in [3.63, 3.8) is 0 Å². The number of nitrogens with zero attached hydrogens (tertiary/aromatic N) is 3. The Morgan fingerprint density at radius 1 is 0.933 bits per heavy atom. The zero-order chi connectivity index (χ0) is 21.3. The molecule has 150 valence electrons. The van der Waals surface area contributed by atoms with Gasteiger partial charge in [-0.1, -0.05) is 36.4 Å². The smallest absolute Gasteiger partial charge is 0.267 e. The van der Waals surface area contributed by atoms with Crippen LogP contribution in [0.2, 0.25) is 0 Å². The van der Waals surface area contributed by atoms with Gasteiger partial charge in [0.15, 0.2) is 5.82 Å². The van der Waals surface area contributed by atoms with Crippen molar-refractivity contribution in [2.45, 2.75) is 6.18 Å². The number of halogens is 4. The van der Waals surface area contributed by atoms with Gasteiger partial charge in [-0.05, 0) is 42.0 Å². The van der Waals surface area contributed by atoms with Crippen LogP contribution in [0, 0.1) is 5.82 Å². The number of hydrogen-bond acceptors (Lipinski definition) is 3. The summed E-state index contributed by atoms with van der Waals surface area (Å²) in [6.07, 6.45) is -3.23. The fourth-order valence-electron chi connectivity index (χ4n) is 2.93. The molecule has 0 saturated carbocycles. The molecule has 8 heteroatoms. The van der Waals surface area contributed by atoms with Gasteiger partial charge in [-0.2, -0.15) is 22.9 Å². The van der Waals surface area contributed by atoms with Crippen LogP contribution < -0.4 is 5.56 Å². The Balaban J connectivity index is 1.93. The molecule has 0 amide bonds. The van der Waals surface area contributed by atoms with Crippen molar-refractivity contribution in [3.05, 3.63) is 100 Å². The number of para-hydroxylation sites is 1. The summed E-state index contributed by atoms with van der Waals surface area (Å²) in [4.78, 5) is 17.4. The third kappa shape index (κ3) is 3.84. The molecule has 4 rings (SSSR count). The molecule has 0 saturated heterocycles. The van der Waals surface area contributed by atoms with E-state index >= 15 is 0 Å². The van der Waals surface area contributed by atoms with Crippen molar-refractivity contribution in [2.24, 2.45) is 5.10 Å². The van der Waals surface area contributed by atoms with Gasteiger partial charge < -0.3 is 0 Å². The molecular formula is C22H13F4N3O. The molecule has 1 aromatic heterocycles. The van der Waals surface area contributed by atoms with Gasteiger partial charge in [0, 0.05) is 5.56 Å². The molecular weight excluding hydrogens is 398 g/mol. The molecule has 4 aromatic rings. The first-order valence-corrected chi connectivity index (χ1v) is 8.82. The van der Waals surface area contributed by atoms with Crippen molar-refractivity contribution in [1.82, 2.24) is 9.66 Å². The molecule has 0 bridgehead atoms. The molecule has 30 heavy (non-hydrogen) atoms. The van der Waals surface area contributed by atoms with E-state index in [9.17, 15) is 22.4 Å². The van der Waals surface area contributed by atoms with E-state index in [1.54, 1.807) is 24.3 Å². The highest BCUT2D eigenvalue weighted by molar-refractivity contribution is 5.82. The van der Waals surface area contributed by atoms with E-state index in [1.165, 1.54) is 42.6 Å². The van der Waals surface area contributed by atoms with Crippen LogP contribution in [0.15, 0.2) is 82.7 Å². The lowest BCUT2D eigenvalue weighted by molar-refractivity contribution is -0.137. The van der Waals surface area contributed by atoms with Gasteiger partial charge in [0.1, 0.15) is 5.82 Å². The lowest BCUT2D eigenvalue weighted by atomic mass is 10.1. The van der Waals surface area contributed by atoms with Crippen LogP contribution in [0.3, 0.4) is 0 Å². The summed E-state index contributed by atoms with van der Waals surface area (Å²) in [5, 5.41) is 4.41. The number of alkyl halides is 3. The van der Waals surface area contributed by atoms with E-state index in [0.717, 1.165) is 16.8 Å². The Morgan fingerprint density at radius 2 is 1.67 bits per heavy atom. The van der Waals surface area contributed by atoms with Gasteiger partial charge in [-0.15, -0.1) is 0 Å². The molecule has 0 aliphatic rings. The summed E-state index contributed by atoms with van der Waals surface area (Å²) in [7, 11) is 0. The highest BCUT2D eigenvalue weighted by atomic mass is 19.4. The van der Waals surface area contributed by atoms with Gasteiger partial charge in [-0.25, -0.2) is 9.37 Å². The molecule has 3 aromatic carbocycles.